The second-order valence-corrected chi connectivity index (χ2v) is 7.36. The summed E-state index contributed by atoms with van der Waals surface area (Å²) in [7, 11) is 5.67. The van der Waals surface area contributed by atoms with E-state index in [0.29, 0.717) is 15.8 Å². The van der Waals surface area contributed by atoms with Gasteiger partial charge in [-0.05, 0) is 60.2 Å². The SMILES string of the molecule is Cc1ccc(N=C2S/C(=C\c3ccc(N(C)C)cc3)C(=O)N2C)c(O)c1. The van der Waals surface area contributed by atoms with Crippen molar-refractivity contribution in [2.75, 3.05) is 26.0 Å². The average Bonchev–Trinajstić information content (AvgIpc) is 2.86. The molecule has 1 aliphatic heterocycles. The van der Waals surface area contributed by atoms with E-state index in [4.69, 9.17) is 0 Å². The van der Waals surface area contributed by atoms with Gasteiger partial charge in [0.25, 0.3) is 5.91 Å². The van der Waals surface area contributed by atoms with E-state index in [1.54, 1.807) is 19.2 Å². The van der Waals surface area contributed by atoms with Gasteiger partial charge in [-0.3, -0.25) is 9.69 Å². The summed E-state index contributed by atoms with van der Waals surface area (Å²) in [4.78, 5) is 21.1. The molecule has 0 spiro atoms. The minimum absolute atomic E-state index is 0.1000. The van der Waals surface area contributed by atoms with Crippen molar-refractivity contribution in [2.24, 2.45) is 4.99 Å². The lowest BCUT2D eigenvalue weighted by molar-refractivity contribution is -0.121. The van der Waals surface area contributed by atoms with Gasteiger partial charge < -0.3 is 10.0 Å². The molecule has 1 amide bonds. The molecule has 2 aromatic carbocycles. The number of aromatic hydroxyl groups is 1. The molecule has 134 valence electrons. The monoisotopic (exact) mass is 367 g/mol. The Labute approximate surface area is 157 Å². The van der Waals surface area contributed by atoms with Crippen LogP contribution in [-0.2, 0) is 4.79 Å². The molecular formula is C20H21N3O2S. The lowest BCUT2D eigenvalue weighted by Gasteiger charge is -2.11. The maximum absolute atomic E-state index is 12.5. The van der Waals surface area contributed by atoms with Gasteiger partial charge >= 0.3 is 0 Å². The number of rotatable bonds is 3. The van der Waals surface area contributed by atoms with Crippen molar-refractivity contribution in [3.63, 3.8) is 0 Å². The molecule has 0 bridgehead atoms. The normalized spacial score (nSPS) is 17.4. The fourth-order valence-corrected chi connectivity index (χ4v) is 3.48. The van der Waals surface area contributed by atoms with Crippen LogP contribution >= 0.6 is 11.8 Å². The van der Waals surface area contributed by atoms with Gasteiger partial charge in [0.2, 0.25) is 0 Å². The smallest absolute Gasteiger partial charge is 0.266 e. The van der Waals surface area contributed by atoms with E-state index >= 15 is 0 Å². The van der Waals surface area contributed by atoms with Crippen LogP contribution in [0.3, 0.4) is 0 Å². The number of phenolic OH excluding ortho intramolecular Hbond substituents is 1. The summed E-state index contributed by atoms with van der Waals surface area (Å²) in [5.41, 5.74) is 3.47. The third-order valence-corrected chi connectivity index (χ3v) is 5.12. The maximum Gasteiger partial charge on any atom is 0.266 e. The standard InChI is InChI=1S/C20H21N3O2S/c1-13-5-10-16(17(24)11-13)21-20-23(4)19(25)18(26-20)12-14-6-8-15(9-7-14)22(2)3/h5-12,24H,1-4H3/b18-12-,21-20?. The van der Waals surface area contributed by atoms with Gasteiger partial charge in [-0.2, -0.15) is 0 Å². The Kier molecular flexibility index (Phi) is 5.04. The largest absolute Gasteiger partial charge is 0.506 e. The molecule has 6 heteroatoms. The van der Waals surface area contributed by atoms with Crippen LogP contribution in [0, 0.1) is 6.92 Å². The highest BCUT2D eigenvalue weighted by molar-refractivity contribution is 8.18. The number of amides is 1. The van der Waals surface area contributed by atoms with Gasteiger partial charge in [-0.1, -0.05) is 18.2 Å². The molecule has 0 radical (unpaired) electrons. The molecular weight excluding hydrogens is 346 g/mol. The molecule has 0 aromatic heterocycles. The Morgan fingerprint density at radius 3 is 2.46 bits per heavy atom. The van der Waals surface area contributed by atoms with E-state index in [9.17, 15) is 9.90 Å². The van der Waals surface area contributed by atoms with Crippen LogP contribution in [0.5, 0.6) is 5.75 Å². The number of amidine groups is 1. The molecule has 1 fully saturated rings. The van der Waals surface area contributed by atoms with Crippen molar-refractivity contribution in [3.05, 3.63) is 58.5 Å². The Morgan fingerprint density at radius 1 is 1.15 bits per heavy atom. The summed E-state index contributed by atoms with van der Waals surface area (Å²) in [6.07, 6.45) is 1.86. The molecule has 0 atom stereocenters. The predicted octanol–water partition coefficient (Wildman–Crippen LogP) is 4.00. The molecule has 1 aliphatic rings. The Morgan fingerprint density at radius 2 is 1.85 bits per heavy atom. The van der Waals surface area contributed by atoms with Crippen LogP contribution in [0.1, 0.15) is 11.1 Å². The lowest BCUT2D eigenvalue weighted by Crippen LogP contribution is -2.23. The van der Waals surface area contributed by atoms with Gasteiger partial charge in [0, 0.05) is 26.8 Å². The second-order valence-electron chi connectivity index (χ2n) is 6.35. The number of aryl methyl sites for hydroxylation is 1. The van der Waals surface area contributed by atoms with Crippen molar-refractivity contribution in [3.8, 4) is 5.75 Å². The summed E-state index contributed by atoms with van der Waals surface area (Å²) < 4.78 is 0. The number of carbonyl (C=O) groups excluding carboxylic acids is 1. The number of hydrogen-bond acceptors (Lipinski definition) is 5. The first-order valence-corrected chi connectivity index (χ1v) is 9.00. The number of phenols is 1. The van der Waals surface area contributed by atoms with E-state index in [-0.39, 0.29) is 11.7 Å². The number of hydrogen-bond donors (Lipinski definition) is 1. The zero-order valence-corrected chi connectivity index (χ0v) is 16.0. The molecule has 2 aromatic rings. The summed E-state index contributed by atoms with van der Waals surface area (Å²) in [5, 5.41) is 10.6. The van der Waals surface area contributed by atoms with E-state index in [2.05, 4.69) is 4.99 Å². The third-order valence-electron chi connectivity index (χ3n) is 4.06. The highest BCUT2D eigenvalue weighted by Gasteiger charge is 2.30. The molecule has 0 saturated carbocycles. The van der Waals surface area contributed by atoms with Gasteiger partial charge in [0.15, 0.2) is 5.17 Å². The highest BCUT2D eigenvalue weighted by Crippen LogP contribution is 2.35. The highest BCUT2D eigenvalue weighted by atomic mass is 32.2. The van der Waals surface area contributed by atoms with Gasteiger partial charge in [-0.25, -0.2) is 4.99 Å². The molecule has 0 aliphatic carbocycles. The minimum atomic E-state index is -0.1000. The van der Waals surface area contributed by atoms with Crippen molar-refractivity contribution in [1.29, 1.82) is 0 Å². The fourth-order valence-electron chi connectivity index (χ4n) is 2.50. The van der Waals surface area contributed by atoms with Crippen LogP contribution in [-0.4, -0.2) is 42.2 Å². The quantitative estimate of drug-likeness (QED) is 0.833. The number of aliphatic imine (C=N–C) groups is 1. The molecule has 3 rings (SSSR count). The number of anilines is 1. The zero-order valence-electron chi connectivity index (χ0n) is 15.2. The van der Waals surface area contributed by atoms with Crippen LogP contribution in [0.4, 0.5) is 11.4 Å². The van der Waals surface area contributed by atoms with Crippen LogP contribution in [0.15, 0.2) is 52.4 Å². The van der Waals surface area contributed by atoms with Gasteiger partial charge in [0.1, 0.15) is 11.4 Å². The number of benzene rings is 2. The third kappa shape index (κ3) is 3.75. The summed E-state index contributed by atoms with van der Waals surface area (Å²) in [6, 6.07) is 13.3. The molecule has 1 heterocycles. The van der Waals surface area contributed by atoms with E-state index in [1.165, 1.54) is 16.7 Å². The Hall–Kier alpha value is -2.73. The van der Waals surface area contributed by atoms with Crippen molar-refractivity contribution < 1.29 is 9.90 Å². The zero-order chi connectivity index (χ0) is 18.8. The summed E-state index contributed by atoms with van der Waals surface area (Å²) in [6.45, 7) is 1.90. The van der Waals surface area contributed by atoms with Crippen LogP contribution in [0.25, 0.3) is 6.08 Å². The minimum Gasteiger partial charge on any atom is -0.506 e. The van der Waals surface area contributed by atoms with Crippen molar-refractivity contribution in [2.45, 2.75) is 6.92 Å². The second kappa shape index (κ2) is 7.25. The van der Waals surface area contributed by atoms with Crippen LogP contribution in [0.2, 0.25) is 0 Å². The summed E-state index contributed by atoms with van der Waals surface area (Å²) >= 11 is 1.31. The molecule has 1 saturated heterocycles. The molecule has 5 nitrogen and oxygen atoms in total. The fraction of sp³-hybridized carbons (Fsp3) is 0.200. The van der Waals surface area contributed by atoms with Crippen molar-refractivity contribution in [1.82, 2.24) is 4.90 Å². The van der Waals surface area contributed by atoms with Crippen molar-refractivity contribution >= 4 is 40.3 Å². The average molecular weight is 367 g/mol. The van der Waals surface area contributed by atoms with E-state index in [1.807, 2.05) is 62.3 Å². The first-order chi connectivity index (χ1) is 12.3. The van der Waals surface area contributed by atoms with E-state index in [0.717, 1.165) is 16.8 Å². The molecule has 0 unspecified atom stereocenters. The maximum atomic E-state index is 12.5. The molecule has 1 N–H and O–H groups in total. The number of nitrogens with zero attached hydrogens (tertiary/aromatic N) is 3. The van der Waals surface area contributed by atoms with Gasteiger partial charge in [-0.15, -0.1) is 0 Å². The Balaban J connectivity index is 1.87. The number of thioether (sulfide) groups is 1. The lowest BCUT2D eigenvalue weighted by atomic mass is 10.2. The first kappa shape index (κ1) is 18.1. The first-order valence-electron chi connectivity index (χ1n) is 8.18. The van der Waals surface area contributed by atoms with Gasteiger partial charge in [0.05, 0.1) is 4.91 Å². The molecule has 26 heavy (non-hydrogen) atoms. The predicted molar refractivity (Wildman–Crippen MR) is 109 cm³/mol. The topological polar surface area (TPSA) is 56.1 Å². The van der Waals surface area contributed by atoms with Crippen LogP contribution < -0.4 is 4.90 Å². The number of carbonyl (C=O) groups is 1. The Bertz CT molecular complexity index is 902. The van der Waals surface area contributed by atoms with E-state index < -0.39 is 0 Å². The number of likely N-dealkylation sites (N-methyl/N-ethyl adjacent to an activating group) is 1. The summed E-state index contributed by atoms with van der Waals surface area (Å²) in [5.74, 6) is 0.00712.